The molecule has 0 radical (unpaired) electrons. The molecule has 6 heteroatoms. The normalized spacial score (nSPS) is 10.7. The second-order valence-electron chi connectivity index (χ2n) is 4.85. The predicted octanol–water partition coefficient (Wildman–Crippen LogP) is 2.17. The molecule has 0 saturated heterocycles. The predicted molar refractivity (Wildman–Crippen MR) is 86.7 cm³/mol. The summed E-state index contributed by atoms with van der Waals surface area (Å²) in [5, 5.41) is 12.5. The molecule has 1 aromatic carbocycles. The summed E-state index contributed by atoms with van der Waals surface area (Å²) in [7, 11) is 0. The molecule has 116 valence electrons. The van der Waals surface area contributed by atoms with E-state index in [1.807, 2.05) is 17.0 Å². The van der Waals surface area contributed by atoms with Crippen LogP contribution in [-0.2, 0) is 11.3 Å². The number of nitrogens with one attached hydrogen (secondary N) is 1. The van der Waals surface area contributed by atoms with Crippen LogP contribution >= 0.6 is 11.6 Å². The van der Waals surface area contributed by atoms with Gasteiger partial charge in [0.1, 0.15) is 0 Å². The van der Waals surface area contributed by atoms with Gasteiger partial charge in [-0.15, -0.1) is 0 Å². The van der Waals surface area contributed by atoms with E-state index in [-0.39, 0.29) is 19.1 Å². The summed E-state index contributed by atoms with van der Waals surface area (Å²) in [5.41, 5.74) is 1.65. The molecule has 0 aliphatic heterocycles. The zero-order chi connectivity index (χ0) is 15.8. The van der Waals surface area contributed by atoms with Crippen molar-refractivity contribution >= 4 is 23.2 Å². The summed E-state index contributed by atoms with van der Waals surface area (Å²) in [6.45, 7) is 1.14. The van der Waals surface area contributed by atoms with Crippen molar-refractivity contribution in [3.63, 3.8) is 0 Å². The van der Waals surface area contributed by atoms with Gasteiger partial charge in [0.15, 0.2) is 0 Å². The lowest BCUT2D eigenvalue weighted by Crippen LogP contribution is -2.34. The maximum atomic E-state index is 12.1. The van der Waals surface area contributed by atoms with Crippen LogP contribution in [0.5, 0.6) is 0 Å². The Labute approximate surface area is 134 Å². The molecular weight excluding hydrogens is 302 g/mol. The number of nitrogens with zero attached hydrogens (tertiary/aromatic N) is 2. The Morgan fingerprint density at radius 1 is 1.32 bits per heavy atom. The quantitative estimate of drug-likeness (QED) is 0.821. The number of carbonyl (C=O) groups is 1. The second-order valence-corrected chi connectivity index (χ2v) is 5.29. The molecule has 2 rings (SSSR count). The summed E-state index contributed by atoms with van der Waals surface area (Å²) in [6, 6.07) is 10.8. The molecule has 1 heterocycles. The van der Waals surface area contributed by atoms with Crippen molar-refractivity contribution in [2.45, 2.75) is 6.54 Å². The number of halogens is 1. The highest BCUT2D eigenvalue weighted by Crippen LogP contribution is 2.14. The highest BCUT2D eigenvalue weighted by molar-refractivity contribution is 6.30. The number of amides is 1. The molecule has 0 saturated carbocycles. The maximum Gasteiger partial charge on any atom is 0.238 e. The topological polar surface area (TPSA) is 65.5 Å². The van der Waals surface area contributed by atoms with E-state index in [1.54, 1.807) is 36.7 Å². The lowest BCUT2D eigenvalue weighted by Gasteiger charge is -2.20. The van der Waals surface area contributed by atoms with Crippen molar-refractivity contribution in [1.82, 2.24) is 9.88 Å². The van der Waals surface area contributed by atoms with E-state index in [4.69, 9.17) is 16.7 Å². The highest BCUT2D eigenvalue weighted by atomic mass is 35.5. The Kier molecular flexibility index (Phi) is 6.33. The Morgan fingerprint density at radius 2 is 2.18 bits per heavy atom. The van der Waals surface area contributed by atoms with Crippen LogP contribution in [0.4, 0.5) is 5.69 Å². The second kappa shape index (κ2) is 8.48. The van der Waals surface area contributed by atoms with Gasteiger partial charge in [0.05, 0.1) is 13.2 Å². The molecule has 0 bridgehead atoms. The summed E-state index contributed by atoms with van der Waals surface area (Å²) in [5.74, 6) is -0.153. The fourth-order valence-electron chi connectivity index (χ4n) is 2.08. The lowest BCUT2D eigenvalue weighted by molar-refractivity contribution is -0.117. The molecule has 2 aromatic rings. The number of hydrogen-bond donors (Lipinski definition) is 2. The van der Waals surface area contributed by atoms with Crippen LogP contribution in [0.2, 0.25) is 5.02 Å². The Bertz CT molecular complexity index is 607. The first-order chi connectivity index (χ1) is 10.7. The van der Waals surface area contributed by atoms with Gasteiger partial charge in [0.2, 0.25) is 5.91 Å². The number of aromatic nitrogens is 1. The molecule has 5 nitrogen and oxygen atoms in total. The number of aliphatic hydroxyl groups excluding tert-OH is 1. The Morgan fingerprint density at radius 3 is 2.86 bits per heavy atom. The molecule has 0 unspecified atom stereocenters. The number of rotatable bonds is 7. The molecule has 0 atom stereocenters. The van der Waals surface area contributed by atoms with Crippen LogP contribution in [0.15, 0.2) is 48.8 Å². The van der Waals surface area contributed by atoms with Gasteiger partial charge in [-0.05, 0) is 29.8 Å². The van der Waals surface area contributed by atoms with E-state index in [2.05, 4.69) is 10.3 Å². The first kappa shape index (κ1) is 16.4. The Hall–Kier alpha value is -1.95. The van der Waals surface area contributed by atoms with Crippen molar-refractivity contribution in [2.24, 2.45) is 0 Å². The van der Waals surface area contributed by atoms with E-state index >= 15 is 0 Å². The number of carbonyl (C=O) groups excluding carboxylic acids is 1. The maximum absolute atomic E-state index is 12.1. The van der Waals surface area contributed by atoms with Crippen LogP contribution in [0.1, 0.15) is 5.56 Å². The zero-order valence-corrected chi connectivity index (χ0v) is 12.8. The third kappa shape index (κ3) is 5.44. The lowest BCUT2D eigenvalue weighted by atomic mass is 10.2. The number of pyridine rings is 1. The molecule has 1 amide bonds. The van der Waals surface area contributed by atoms with Crippen molar-refractivity contribution in [2.75, 3.05) is 25.0 Å². The van der Waals surface area contributed by atoms with Gasteiger partial charge in [0, 0.05) is 36.2 Å². The van der Waals surface area contributed by atoms with E-state index in [1.165, 1.54) is 0 Å². The van der Waals surface area contributed by atoms with E-state index in [0.717, 1.165) is 5.56 Å². The van der Waals surface area contributed by atoms with Crippen LogP contribution in [0, 0.1) is 0 Å². The smallest absolute Gasteiger partial charge is 0.238 e. The summed E-state index contributed by atoms with van der Waals surface area (Å²) in [6.07, 6.45) is 3.45. The number of hydrogen-bond acceptors (Lipinski definition) is 4. The Balaban J connectivity index is 1.93. The minimum Gasteiger partial charge on any atom is -0.395 e. The molecule has 0 spiro atoms. The van der Waals surface area contributed by atoms with Crippen LogP contribution in [0.3, 0.4) is 0 Å². The minimum absolute atomic E-state index is 0.00922. The van der Waals surface area contributed by atoms with E-state index in [9.17, 15) is 4.79 Å². The summed E-state index contributed by atoms with van der Waals surface area (Å²) in [4.78, 5) is 18.0. The molecule has 0 fully saturated rings. The third-order valence-electron chi connectivity index (χ3n) is 3.02. The molecule has 2 N–H and O–H groups in total. The first-order valence-corrected chi connectivity index (χ1v) is 7.32. The number of aliphatic hydroxyl groups is 1. The van der Waals surface area contributed by atoms with Crippen molar-refractivity contribution < 1.29 is 9.90 Å². The standard InChI is InChI=1S/C16H18ClN3O2/c17-14-4-1-5-15(9-14)19-16(22)12-20(7-8-21)11-13-3-2-6-18-10-13/h1-6,9-10,21H,7-8,11-12H2,(H,19,22). The highest BCUT2D eigenvalue weighted by Gasteiger charge is 2.11. The molecule has 22 heavy (non-hydrogen) atoms. The van der Waals surface area contributed by atoms with Crippen LogP contribution < -0.4 is 5.32 Å². The van der Waals surface area contributed by atoms with E-state index < -0.39 is 0 Å². The fourth-order valence-corrected chi connectivity index (χ4v) is 2.27. The van der Waals surface area contributed by atoms with E-state index in [0.29, 0.717) is 23.8 Å². The third-order valence-corrected chi connectivity index (χ3v) is 3.26. The van der Waals surface area contributed by atoms with Crippen molar-refractivity contribution in [1.29, 1.82) is 0 Å². The molecule has 0 aliphatic rings. The van der Waals surface area contributed by atoms with Gasteiger partial charge in [-0.25, -0.2) is 0 Å². The summed E-state index contributed by atoms with van der Waals surface area (Å²) < 4.78 is 0. The largest absolute Gasteiger partial charge is 0.395 e. The SMILES string of the molecule is O=C(CN(CCO)Cc1cccnc1)Nc1cccc(Cl)c1. The molecular formula is C16H18ClN3O2. The van der Waals surface area contributed by atoms with Gasteiger partial charge >= 0.3 is 0 Å². The van der Waals surface area contributed by atoms with Crippen LogP contribution in [0.25, 0.3) is 0 Å². The van der Waals surface area contributed by atoms with Crippen molar-refractivity contribution in [3.8, 4) is 0 Å². The van der Waals surface area contributed by atoms with Gasteiger partial charge in [-0.1, -0.05) is 23.7 Å². The number of benzene rings is 1. The number of anilines is 1. The van der Waals surface area contributed by atoms with Gasteiger partial charge in [0.25, 0.3) is 0 Å². The molecule has 1 aromatic heterocycles. The zero-order valence-electron chi connectivity index (χ0n) is 12.1. The first-order valence-electron chi connectivity index (χ1n) is 6.95. The van der Waals surface area contributed by atoms with Gasteiger partial charge in [-0.3, -0.25) is 14.7 Å². The average molecular weight is 320 g/mol. The van der Waals surface area contributed by atoms with Crippen molar-refractivity contribution in [3.05, 3.63) is 59.4 Å². The van der Waals surface area contributed by atoms with Gasteiger partial charge < -0.3 is 10.4 Å². The minimum atomic E-state index is -0.153. The summed E-state index contributed by atoms with van der Waals surface area (Å²) >= 11 is 5.89. The van der Waals surface area contributed by atoms with Crippen LogP contribution in [-0.4, -0.2) is 40.6 Å². The molecule has 0 aliphatic carbocycles. The monoisotopic (exact) mass is 319 g/mol. The fraction of sp³-hybridized carbons (Fsp3) is 0.250. The average Bonchev–Trinajstić information content (AvgIpc) is 2.48. The van der Waals surface area contributed by atoms with Gasteiger partial charge in [-0.2, -0.15) is 0 Å².